The molecule has 1 aliphatic carbocycles. The zero-order chi connectivity index (χ0) is 11.8. The van der Waals surface area contributed by atoms with Crippen LogP contribution in [-0.2, 0) is 5.41 Å². The average Bonchev–Trinajstić information content (AvgIpc) is 3.00. The highest BCUT2D eigenvalue weighted by molar-refractivity contribution is 5.77. The summed E-state index contributed by atoms with van der Waals surface area (Å²) < 4.78 is 5.61. The summed E-state index contributed by atoms with van der Waals surface area (Å²) in [7, 11) is 0. The maximum atomic E-state index is 11.0. The van der Waals surface area contributed by atoms with Crippen molar-refractivity contribution in [1.29, 1.82) is 0 Å². The lowest BCUT2D eigenvalue weighted by molar-refractivity contribution is 0.112. The molecule has 0 radical (unpaired) electrons. The Hall–Kier alpha value is -1.38. The number of hydrogen-bond acceptors (Lipinski definition) is 3. The average molecular weight is 219 g/mol. The zero-order valence-corrected chi connectivity index (χ0v) is 9.99. The molecule has 0 aliphatic heterocycles. The van der Waals surface area contributed by atoms with E-state index in [0.717, 1.165) is 24.8 Å². The van der Waals surface area contributed by atoms with E-state index in [0.29, 0.717) is 17.4 Å². The van der Waals surface area contributed by atoms with Crippen LogP contribution in [0.2, 0.25) is 0 Å². The third-order valence-electron chi connectivity index (χ3n) is 2.56. The molecule has 86 valence electrons. The number of carbonyl (C=O) groups excluding carboxylic acids is 1. The summed E-state index contributed by atoms with van der Waals surface area (Å²) in [5, 5.41) is 0. The van der Waals surface area contributed by atoms with Gasteiger partial charge in [-0.2, -0.15) is 0 Å². The maximum absolute atomic E-state index is 11.0. The van der Waals surface area contributed by atoms with Crippen molar-refractivity contribution >= 4 is 6.29 Å². The Morgan fingerprint density at radius 1 is 1.44 bits per heavy atom. The van der Waals surface area contributed by atoms with E-state index < -0.39 is 0 Å². The number of rotatable bonds is 3. The van der Waals surface area contributed by atoms with Crippen LogP contribution < -0.4 is 4.74 Å². The molecule has 1 fully saturated rings. The molecule has 0 unspecified atom stereocenters. The molecule has 1 aromatic heterocycles. The number of hydrogen-bond donors (Lipinski definition) is 0. The van der Waals surface area contributed by atoms with Crippen LogP contribution in [0.4, 0.5) is 0 Å². The minimum absolute atomic E-state index is 0.117. The van der Waals surface area contributed by atoms with E-state index in [1.54, 1.807) is 12.3 Å². The van der Waals surface area contributed by atoms with Crippen LogP contribution in [0.5, 0.6) is 5.75 Å². The Balaban J connectivity index is 2.30. The van der Waals surface area contributed by atoms with Gasteiger partial charge in [0.05, 0.1) is 18.0 Å². The minimum Gasteiger partial charge on any atom is -0.489 e. The van der Waals surface area contributed by atoms with Gasteiger partial charge in [0.2, 0.25) is 0 Å². The van der Waals surface area contributed by atoms with Gasteiger partial charge < -0.3 is 4.74 Å². The van der Waals surface area contributed by atoms with Crippen LogP contribution in [0.3, 0.4) is 0 Å². The fourth-order valence-corrected chi connectivity index (χ4v) is 1.62. The molecule has 0 spiro atoms. The lowest BCUT2D eigenvalue weighted by Gasteiger charge is -2.19. The Labute approximate surface area is 95.8 Å². The first-order chi connectivity index (χ1) is 7.50. The summed E-state index contributed by atoms with van der Waals surface area (Å²) in [4.78, 5) is 15.4. The van der Waals surface area contributed by atoms with Gasteiger partial charge in [0, 0.05) is 11.0 Å². The standard InChI is InChI=1S/C13H17NO2/c1-13(2,3)12-9(8-15)6-11(7-14-12)16-10-4-5-10/h6-8,10H,4-5H2,1-3H3. The highest BCUT2D eigenvalue weighted by atomic mass is 16.5. The molecule has 3 heteroatoms. The first kappa shape index (κ1) is 11.1. The predicted octanol–water partition coefficient (Wildman–Crippen LogP) is 2.73. The number of aromatic nitrogens is 1. The van der Waals surface area contributed by atoms with E-state index in [1.807, 2.05) is 20.8 Å². The van der Waals surface area contributed by atoms with Crippen molar-refractivity contribution in [3.8, 4) is 5.75 Å². The van der Waals surface area contributed by atoms with Crippen LogP contribution >= 0.6 is 0 Å². The Kier molecular flexibility index (Phi) is 2.70. The van der Waals surface area contributed by atoms with Crippen LogP contribution in [0, 0.1) is 0 Å². The smallest absolute Gasteiger partial charge is 0.152 e. The van der Waals surface area contributed by atoms with Gasteiger partial charge in [-0.15, -0.1) is 0 Å². The minimum atomic E-state index is -0.117. The van der Waals surface area contributed by atoms with Gasteiger partial charge in [-0.25, -0.2) is 0 Å². The molecule has 2 rings (SSSR count). The maximum Gasteiger partial charge on any atom is 0.152 e. The van der Waals surface area contributed by atoms with Crippen LogP contribution in [0.1, 0.15) is 49.7 Å². The van der Waals surface area contributed by atoms with Crippen molar-refractivity contribution in [3.63, 3.8) is 0 Å². The molecule has 3 nitrogen and oxygen atoms in total. The zero-order valence-electron chi connectivity index (χ0n) is 9.99. The summed E-state index contributed by atoms with van der Waals surface area (Å²) in [6.07, 6.45) is 5.12. The largest absolute Gasteiger partial charge is 0.489 e. The second-order valence-corrected chi connectivity index (χ2v) is 5.29. The van der Waals surface area contributed by atoms with E-state index in [2.05, 4.69) is 4.98 Å². The second kappa shape index (κ2) is 3.89. The molecule has 0 aromatic carbocycles. The van der Waals surface area contributed by atoms with Gasteiger partial charge in [-0.1, -0.05) is 20.8 Å². The summed E-state index contributed by atoms with van der Waals surface area (Å²) in [6.45, 7) is 6.14. The van der Waals surface area contributed by atoms with Crippen LogP contribution in [0.15, 0.2) is 12.3 Å². The summed E-state index contributed by atoms with van der Waals surface area (Å²) in [6, 6.07) is 1.79. The molecule has 0 atom stereocenters. The molecule has 1 aliphatic rings. The summed E-state index contributed by atoms with van der Waals surface area (Å²) in [5.41, 5.74) is 1.34. The van der Waals surface area contributed by atoms with Gasteiger partial charge in [-0.3, -0.25) is 9.78 Å². The first-order valence-corrected chi connectivity index (χ1v) is 5.63. The fourth-order valence-electron chi connectivity index (χ4n) is 1.62. The van der Waals surface area contributed by atoms with Gasteiger partial charge in [0.1, 0.15) is 5.75 Å². The molecule has 1 saturated carbocycles. The van der Waals surface area contributed by atoms with Gasteiger partial charge in [0.25, 0.3) is 0 Å². The lowest BCUT2D eigenvalue weighted by atomic mass is 9.89. The highest BCUT2D eigenvalue weighted by Gasteiger charge is 2.25. The quantitative estimate of drug-likeness (QED) is 0.734. The second-order valence-electron chi connectivity index (χ2n) is 5.29. The van der Waals surface area contributed by atoms with Crippen molar-refractivity contribution in [1.82, 2.24) is 4.98 Å². The third-order valence-corrected chi connectivity index (χ3v) is 2.56. The number of pyridine rings is 1. The molecule has 0 bridgehead atoms. The monoisotopic (exact) mass is 219 g/mol. The Morgan fingerprint density at radius 3 is 2.62 bits per heavy atom. The highest BCUT2D eigenvalue weighted by Crippen LogP contribution is 2.29. The van der Waals surface area contributed by atoms with Gasteiger partial charge in [-0.05, 0) is 18.9 Å². The van der Waals surface area contributed by atoms with Gasteiger partial charge in [0.15, 0.2) is 6.29 Å². The Bertz CT molecular complexity index is 403. The van der Waals surface area contributed by atoms with Crippen molar-refractivity contribution in [2.24, 2.45) is 0 Å². The summed E-state index contributed by atoms with van der Waals surface area (Å²) >= 11 is 0. The van der Waals surface area contributed by atoms with Gasteiger partial charge >= 0.3 is 0 Å². The normalized spacial score (nSPS) is 15.9. The Morgan fingerprint density at radius 2 is 2.12 bits per heavy atom. The SMILES string of the molecule is CC(C)(C)c1ncc(OC2CC2)cc1C=O. The first-order valence-electron chi connectivity index (χ1n) is 5.63. The number of carbonyl (C=O) groups is 1. The topological polar surface area (TPSA) is 39.2 Å². The molecule has 1 aromatic rings. The molecule has 16 heavy (non-hydrogen) atoms. The summed E-state index contributed by atoms with van der Waals surface area (Å²) in [5.74, 6) is 0.706. The fraction of sp³-hybridized carbons (Fsp3) is 0.538. The predicted molar refractivity (Wildman–Crippen MR) is 62.0 cm³/mol. The molecular formula is C13H17NO2. The molecule has 1 heterocycles. The van der Waals surface area contributed by atoms with Crippen LogP contribution in [-0.4, -0.2) is 17.4 Å². The number of aldehydes is 1. The van der Waals surface area contributed by atoms with Crippen LogP contribution in [0.25, 0.3) is 0 Å². The van der Waals surface area contributed by atoms with E-state index >= 15 is 0 Å². The van der Waals surface area contributed by atoms with E-state index in [1.165, 1.54) is 0 Å². The lowest BCUT2D eigenvalue weighted by Crippen LogP contribution is -2.16. The third kappa shape index (κ3) is 2.40. The molecule has 0 amide bonds. The van der Waals surface area contributed by atoms with Crippen molar-refractivity contribution < 1.29 is 9.53 Å². The van der Waals surface area contributed by atoms with E-state index in [4.69, 9.17) is 4.74 Å². The molecule has 0 saturated heterocycles. The molecular weight excluding hydrogens is 202 g/mol. The number of nitrogens with zero attached hydrogens (tertiary/aromatic N) is 1. The number of ether oxygens (including phenoxy) is 1. The van der Waals surface area contributed by atoms with E-state index in [9.17, 15) is 4.79 Å². The van der Waals surface area contributed by atoms with Crippen molar-refractivity contribution in [2.45, 2.75) is 45.1 Å². The molecule has 0 N–H and O–H groups in total. The van der Waals surface area contributed by atoms with Crippen molar-refractivity contribution in [2.75, 3.05) is 0 Å². The van der Waals surface area contributed by atoms with E-state index in [-0.39, 0.29) is 5.41 Å². The van der Waals surface area contributed by atoms with Crippen molar-refractivity contribution in [3.05, 3.63) is 23.5 Å².